The molecule has 0 heterocycles. The second-order valence-corrected chi connectivity index (χ2v) is 6.04. The Labute approximate surface area is 150 Å². The molecule has 0 aromatic heterocycles. The van der Waals surface area contributed by atoms with Crippen LogP contribution in [-0.2, 0) is 0 Å². The van der Waals surface area contributed by atoms with Crippen LogP contribution in [0.4, 0.5) is 15.8 Å². The number of nitro groups is 1. The highest BCUT2D eigenvalue weighted by molar-refractivity contribution is 5.95. The molecular formula is C18H20FN3O4. The average molecular weight is 361 g/mol. The third-order valence-electron chi connectivity index (χ3n) is 3.63. The standard InChI is InChI=1S/C18H20FN3O4/c1-11(2)21-18(24)12-7-8-15(16(9-12)22(25)26)20-10-17(23)13-5-3-4-6-14(13)19/h3-9,11,17,20,23H,10H2,1-2H3,(H,21,24). The summed E-state index contributed by atoms with van der Waals surface area (Å²) >= 11 is 0. The van der Waals surface area contributed by atoms with Crippen LogP contribution in [0.25, 0.3) is 0 Å². The van der Waals surface area contributed by atoms with E-state index in [1.54, 1.807) is 19.9 Å². The van der Waals surface area contributed by atoms with E-state index in [-0.39, 0.29) is 35.1 Å². The lowest BCUT2D eigenvalue weighted by atomic mass is 10.1. The molecule has 0 bridgehead atoms. The average Bonchev–Trinajstić information content (AvgIpc) is 2.59. The first kappa shape index (κ1) is 19.3. The molecule has 2 rings (SSSR count). The van der Waals surface area contributed by atoms with E-state index in [1.807, 2.05) is 0 Å². The highest BCUT2D eigenvalue weighted by atomic mass is 19.1. The Kier molecular flexibility index (Phi) is 6.24. The lowest BCUT2D eigenvalue weighted by molar-refractivity contribution is -0.384. The van der Waals surface area contributed by atoms with E-state index in [9.17, 15) is 24.4 Å². The highest BCUT2D eigenvalue weighted by Crippen LogP contribution is 2.27. The van der Waals surface area contributed by atoms with Gasteiger partial charge in [0.15, 0.2) is 0 Å². The van der Waals surface area contributed by atoms with Gasteiger partial charge in [-0.1, -0.05) is 18.2 Å². The summed E-state index contributed by atoms with van der Waals surface area (Å²) in [4.78, 5) is 22.7. The molecule has 0 saturated carbocycles. The summed E-state index contributed by atoms with van der Waals surface area (Å²) in [5, 5.41) is 26.8. The molecule has 2 aromatic carbocycles. The lowest BCUT2D eigenvalue weighted by Gasteiger charge is -2.14. The number of carbonyl (C=O) groups is 1. The Bertz CT molecular complexity index is 811. The number of hydrogen-bond acceptors (Lipinski definition) is 5. The first-order valence-electron chi connectivity index (χ1n) is 8.05. The molecule has 3 N–H and O–H groups in total. The molecule has 0 aliphatic rings. The van der Waals surface area contributed by atoms with Crippen molar-refractivity contribution < 1.29 is 19.2 Å². The zero-order valence-corrected chi connectivity index (χ0v) is 14.4. The number of aliphatic hydroxyl groups is 1. The minimum absolute atomic E-state index is 0.0931. The van der Waals surface area contributed by atoms with Crippen molar-refractivity contribution >= 4 is 17.3 Å². The van der Waals surface area contributed by atoms with Gasteiger partial charge >= 0.3 is 0 Å². The number of benzene rings is 2. The summed E-state index contributed by atoms with van der Waals surface area (Å²) in [6.07, 6.45) is -1.18. The molecular weight excluding hydrogens is 341 g/mol. The fraction of sp³-hybridized carbons (Fsp3) is 0.278. The largest absolute Gasteiger partial charge is 0.386 e. The predicted octanol–water partition coefficient (Wildman–Crippen LogP) is 3.02. The van der Waals surface area contributed by atoms with E-state index < -0.39 is 22.8 Å². The molecule has 138 valence electrons. The normalized spacial score (nSPS) is 11.9. The SMILES string of the molecule is CC(C)NC(=O)c1ccc(NCC(O)c2ccccc2F)c([N+](=O)[O-])c1. The summed E-state index contributed by atoms with van der Waals surface area (Å²) in [5.41, 5.74) is 0.0785. The number of nitro benzene ring substituents is 1. The minimum Gasteiger partial charge on any atom is -0.386 e. The Morgan fingerprint density at radius 3 is 2.58 bits per heavy atom. The van der Waals surface area contributed by atoms with E-state index in [0.717, 1.165) is 6.07 Å². The number of carbonyl (C=O) groups excluding carboxylic acids is 1. The smallest absolute Gasteiger partial charge is 0.293 e. The molecule has 0 spiro atoms. The van der Waals surface area contributed by atoms with Crippen molar-refractivity contribution in [2.24, 2.45) is 0 Å². The van der Waals surface area contributed by atoms with E-state index in [4.69, 9.17) is 0 Å². The van der Waals surface area contributed by atoms with Gasteiger partial charge in [0.1, 0.15) is 11.5 Å². The zero-order valence-electron chi connectivity index (χ0n) is 14.4. The molecule has 26 heavy (non-hydrogen) atoms. The maximum absolute atomic E-state index is 13.7. The molecule has 2 aromatic rings. The van der Waals surface area contributed by atoms with Gasteiger partial charge in [0.2, 0.25) is 0 Å². The van der Waals surface area contributed by atoms with Crippen LogP contribution in [0.5, 0.6) is 0 Å². The molecule has 1 unspecified atom stereocenters. The van der Waals surface area contributed by atoms with Gasteiger partial charge in [-0.3, -0.25) is 14.9 Å². The maximum Gasteiger partial charge on any atom is 0.293 e. The molecule has 0 fully saturated rings. The summed E-state index contributed by atoms with van der Waals surface area (Å²) in [6, 6.07) is 9.66. The van der Waals surface area contributed by atoms with Gasteiger partial charge in [-0.2, -0.15) is 0 Å². The number of anilines is 1. The van der Waals surface area contributed by atoms with Gasteiger partial charge in [0.25, 0.3) is 11.6 Å². The molecule has 1 atom stereocenters. The van der Waals surface area contributed by atoms with Gasteiger partial charge in [-0.15, -0.1) is 0 Å². The third kappa shape index (κ3) is 4.76. The van der Waals surface area contributed by atoms with Gasteiger partial charge in [0.05, 0.1) is 11.0 Å². The Hall–Kier alpha value is -3.00. The van der Waals surface area contributed by atoms with Crippen LogP contribution < -0.4 is 10.6 Å². The lowest BCUT2D eigenvalue weighted by Crippen LogP contribution is -2.30. The number of aliphatic hydroxyl groups excluding tert-OH is 1. The van der Waals surface area contributed by atoms with Gasteiger partial charge < -0.3 is 15.7 Å². The molecule has 0 aliphatic heterocycles. The summed E-state index contributed by atoms with van der Waals surface area (Å²) in [7, 11) is 0. The fourth-order valence-corrected chi connectivity index (χ4v) is 2.38. The Morgan fingerprint density at radius 2 is 1.96 bits per heavy atom. The summed E-state index contributed by atoms with van der Waals surface area (Å²) < 4.78 is 13.7. The van der Waals surface area contributed by atoms with E-state index >= 15 is 0 Å². The number of hydrogen-bond donors (Lipinski definition) is 3. The molecule has 7 nitrogen and oxygen atoms in total. The number of nitrogens with zero attached hydrogens (tertiary/aromatic N) is 1. The van der Waals surface area contributed by atoms with Crippen molar-refractivity contribution in [3.05, 3.63) is 69.5 Å². The number of halogens is 1. The van der Waals surface area contributed by atoms with Crippen molar-refractivity contribution in [3.63, 3.8) is 0 Å². The monoisotopic (exact) mass is 361 g/mol. The molecule has 1 amide bonds. The van der Waals surface area contributed by atoms with Gasteiger partial charge in [0, 0.05) is 29.8 Å². The number of amides is 1. The second kappa shape index (κ2) is 8.39. The number of rotatable bonds is 7. The van der Waals surface area contributed by atoms with E-state index in [2.05, 4.69) is 10.6 Å². The van der Waals surface area contributed by atoms with Crippen molar-refractivity contribution in [1.29, 1.82) is 0 Å². The first-order chi connectivity index (χ1) is 12.3. The van der Waals surface area contributed by atoms with Crippen LogP contribution in [0.3, 0.4) is 0 Å². The molecule has 0 saturated heterocycles. The van der Waals surface area contributed by atoms with E-state index in [1.165, 1.54) is 30.3 Å². The molecule has 0 radical (unpaired) electrons. The highest BCUT2D eigenvalue weighted by Gasteiger charge is 2.19. The van der Waals surface area contributed by atoms with Crippen LogP contribution in [0, 0.1) is 15.9 Å². The van der Waals surface area contributed by atoms with E-state index in [0.29, 0.717) is 0 Å². The van der Waals surface area contributed by atoms with Crippen molar-refractivity contribution in [2.45, 2.75) is 26.0 Å². The minimum atomic E-state index is -1.18. The van der Waals surface area contributed by atoms with Gasteiger partial charge in [-0.05, 0) is 32.0 Å². The van der Waals surface area contributed by atoms with Gasteiger partial charge in [-0.25, -0.2) is 4.39 Å². The van der Waals surface area contributed by atoms with Crippen LogP contribution in [0.2, 0.25) is 0 Å². The quantitative estimate of drug-likeness (QED) is 0.519. The second-order valence-electron chi connectivity index (χ2n) is 6.04. The summed E-state index contributed by atoms with van der Waals surface area (Å²) in [6.45, 7) is 3.44. The van der Waals surface area contributed by atoms with Crippen LogP contribution >= 0.6 is 0 Å². The third-order valence-corrected chi connectivity index (χ3v) is 3.63. The van der Waals surface area contributed by atoms with Crippen LogP contribution in [-0.4, -0.2) is 28.5 Å². The molecule has 8 heteroatoms. The Balaban J connectivity index is 2.17. The van der Waals surface area contributed by atoms with Crippen LogP contribution in [0.1, 0.15) is 35.9 Å². The van der Waals surface area contributed by atoms with Crippen molar-refractivity contribution in [1.82, 2.24) is 5.32 Å². The van der Waals surface area contributed by atoms with Crippen LogP contribution in [0.15, 0.2) is 42.5 Å². The molecule has 0 aliphatic carbocycles. The van der Waals surface area contributed by atoms with Crippen molar-refractivity contribution in [3.8, 4) is 0 Å². The fourth-order valence-electron chi connectivity index (χ4n) is 2.38. The topological polar surface area (TPSA) is 104 Å². The zero-order chi connectivity index (χ0) is 19.3. The predicted molar refractivity (Wildman–Crippen MR) is 95.5 cm³/mol. The first-order valence-corrected chi connectivity index (χ1v) is 8.05. The number of nitrogens with one attached hydrogen (secondary N) is 2. The Morgan fingerprint density at radius 1 is 1.27 bits per heavy atom. The van der Waals surface area contributed by atoms with Crippen molar-refractivity contribution in [2.75, 3.05) is 11.9 Å². The maximum atomic E-state index is 13.7. The summed E-state index contributed by atoms with van der Waals surface area (Å²) in [5.74, 6) is -0.974.